The van der Waals surface area contributed by atoms with Crippen molar-refractivity contribution in [2.24, 2.45) is 0 Å². The average Bonchev–Trinajstić information content (AvgIpc) is 3.12. The minimum atomic E-state index is 0.253. The molecule has 0 aromatic carbocycles. The molecular weight excluding hydrogens is 270 g/mol. The number of rotatable bonds is 4. The number of amides is 1. The predicted octanol–water partition coefficient (Wildman–Crippen LogP) is 2.29. The van der Waals surface area contributed by atoms with E-state index < -0.39 is 0 Å². The summed E-state index contributed by atoms with van der Waals surface area (Å²) >= 11 is 1.70. The molecule has 3 rings (SSSR count). The molecule has 2 aliphatic rings. The van der Waals surface area contributed by atoms with Crippen molar-refractivity contribution in [1.29, 1.82) is 0 Å². The second kappa shape index (κ2) is 6.68. The molecule has 0 radical (unpaired) electrons. The molecule has 2 fully saturated rings. The number of thiazole rings is 1. The van der Waals surface area contributed by atoms with Crippen LogP contribution in [-0.2, 0) is 17.8 Å². The Morgan fingerprint density at radius 2 is 1.80 bits per heavy atom. The zero-order valence-corrected chi connectivity index (χ0v) is 12.8. The van der Waals surface area contributed by atoms with Crippen LogP contribution in [-0.4, -0.2) is 46.9 Å². The molecule has 0 bridgehead atoms. The Labute approximate surface area is 124 Å². The molecule has 3 heterocycles. The van der Waals surface area contributed by atoms with Gasteiger partial charge in [-0.2, -0.15) is 0 Å². The molecule has 0 saturated carbocycles. The standard InChI is InChI=1S/C15H23N3OS/c19-15(18-8-2-1-3-9-18)10-13-12-20-14(16-13)11-17-6-4-5-7-17/h12H,1-11H2. The van der Waals surface area contributed by atoms with E-state index in [1.165, 1.54) is 32.4 Å². The first-order valence-electron chi connectivity index (χ1n) is 7.75. The third kappa shape index (κ3) is 3.58. The number of hydrogen-bond acceptors (Lipinski definition) is 4. The number of piperidine rings is 1. The van der Waals surface area contributed by atoms with Gasteiger partial charge < -0.3 is 4.90 Å². The van der Waals surface area contributed by atoms with Gasteiger partial charge in [0.25, 0.3) is 0 Å². The van der Waals surface area contributed by atoms with Crippen molar-refractivity contribution in [2.75, 3.05) is 26.2 Å². The summed E-state index contributed by atoms with van der Waals surface area (Å²) in [5.41, 5.74) is 0.958. The maximum atomic E-state index is 12.2. The van der Waals surface area contributed by atoms with Gasteiger partial charge in [0.15, 0.2) is 0 Å². The first-order valence-corrected chi connectivity index (χ1v) is 8.62. The van der Waals surface area contributed by atoms with Crippen LogP contribution in [0, 0.1) is 0 Å². The van der Waals surface area contributed by atoms with Gasteiger partial charge in [0.05, 0.1) is 18.7 Å². The quantitative estimate of drug-likeness (QED) is 0.854. The zero-order valence-electron chi connectivity index (χ0n) is 12.0. The molecule has 1 aromatic heterocycles. The van der Waals surface area contributed by atoms with Crippen molar-refractivity contribution in [3.05, 3.63) is 16.1 Å². The van der Waals surface area contributed by atoms with E-state index in [1.54, 1.807) is 11.3 Å². The first kappa shape index (κ1) is 14.0. The van der Waals surface area contributed by atoms with Crippen LogP contribution in [0.5, 0.6) is 0 Å². The van der Waals surface area contributed by atoms with E-state index >= 15 is 0 Å². The Kier molecular flexibility index (Phi) is 4.68. The van der Waals surface area contributed by atoms with Gasteiger partial charge in [-0.1, -0.05) is 0 Å². The Hall–Kier alpha value is -0.940. The van der Waals surface area contributed by atoms with Gasteiger partial charge in [0, 0.05) is 18.5 Å². The smallest absolute Gasteiger partial charge is 0.228 e. The predicted molar refractivity (Wildman–Crippen MR) is 80.8 cm³/mol. The lowest BCUT2D eigenvalue weighted by Gasteiger charge is -2.26. The van der Waals surface area contributed by atoms with E-state index in [0.29, 0.717) is 6.42 Å². The molecular formula is C15H23N3OS. The molecule has 4 nitrogen and oxygen atoms in total. The molecule has 0 atom stereocenters. The topological polar surface area (TPSA) is 36.4 Å². The van der Waals surface area contributed by atoms with E-state index in [0.717, 1.165) is 43.2 Å². The molecule has 20 heavy (non-hydrogen) atoms. The Bertz CT molecular complexity index is 448. The number of carbonyl (C=O) groups is 1. The summed E-state index contributed by atoms with van der Waals surface area (Å²) in [6.07, 6.45) is 6.68. The van der Waals surface area contributed by atoms with Crippen LogP contribution in [0.15, 0.2) is 5.38 Å². The number of hydrogen-bond donors (Lipinski definition) is 0. The molecule has 0 unspecified atom stereocenters. The van der Waals surface area contributed by atoms with E-state index in [-0.39, 0.29) is 5.91 Å². The Morgan fingerprint density at radius 3 is 2.55 bits per heavy atom. The fourth-order valence-corrected chi connectivity index (χ4v) is 3.88. The van der Waals surface area contributed by atoms with Crippen molar-refractivity contribution in [3.8, 4) is 0 Å². The first-order chi connectivity index (χ1) is 9.81. The van der Waals surface area contributed by atoms with Crippen molar-refractivity contribution in [3.63, 3.8) is 0 Å². The van der Waals surface area contributed by atoms with Crippen LogP contribution in [0.3, 0.4) is 0 Å². The molecule has 5 heteroatoms. The lowest BCUT2D eigenvalue weighted by Crippen LogP contribution is -2.36. The monoisotopic (exact) mass is 293 g/mol. The van der Waals surface area contributed by atoms with E-state index in [2.05, 4.69) is 15.3 Å². The SMILES string of the molecule is O=C(Cc1csc(CN2CCCC2)n1)N1CCCCC1. The van der Waals surface area contributed by atoms with Crippen LogP contribution in [0.4, 0.5) is 0 Å². The van der Waals surface area contributed by atoms with Gasteiger partial charge in [-0.15, -0.1) is 11.3 Å². The average molecular weight is 293 g/mol. The molecule has 0 N–H and O–H groups in total. The summed E-state index contributed by atoms with van der Waals surface area (Å²) in [4.78, 5) is 21.3. The second-order valence-electron chi connectivity index (χ2n) is 5.83. The van der Waals surface area contributed by atoms with Gasteiger partial charge >= 0.3 is 0 Å². The second-order valence-corrected chi connectivity index (χ2v) is 6.78. The van der Waals surface area contributed by atoms with Crippen LogP contribution in [0.2, 0.25) is 0 Å². The largest absolute Gasteiger partial charge is 0.342 e. The molecule has 0 spiro atoms. The maximum Gasteiger partial charge on any atom is 0.228 e. The molecule has 0 aliphatic carbocycles. The van der Waals surface area contributed by atoms with Crippen molar-refractivity contribution in [1.82, 2.24) is 14.8 Å². The maximum absolute atomic E-state index is 12.2. The Balaban J connectivity index is 1.52. The van der Waals surface area contributed by atoms with Gasteiger partial charge in [-0.3, -0.25) is 9.69 Å². The minimum absolute atomic E-state index is 0.253. The molecule has 2 aliphatic heterocycles. The van der Waals surface area contributed by atoms with E-state index in [9.17, 15) is 4.79 Å². The highest BCUT2D eigenvalue weighted by molar-refractivity contribution is 7.09. The number of carbonyl (C=O) groups excluding carboxylic acids is 1. The summed E-state index contributed by atoms with van der Waals surface area (Å²) in [7, 11) is 0. The zero-order chi connectivity index (χ0) is 13.8. The van der Waals surface area contributed by atoms with Gasteiger partial charge in [-0.05, 0) is 45.2 Å². The highest BCUT2D eigenvalue weighted by Gasteiger charge is 2.18. The van der Waals surface area contributed by atoms with Crippen molar-refractivity contribution >= 4 is 17.2 Å². The molecule has 1 aromatic rings. The van der Waals surface area contributed by atoms with Gasteiger partial charge in [0.2, 0.25) is 5.91 Å². The van der Waals surface area contributed by atoms with E-state index in [4.69, 9.17) is 0 Å². The number of aromatic nitrogens is 1. The lowest BCUT2D eigenvalue weighted by atomic mass is 10.1. The highest BCUT2D eigenvalue weighted by atomic mass is 32.1. The fraction of sp³-hybridized carbons (Fsp3) is 0.733. The molecule has 2 saturated heterocycles. The van der Waals surface area contributed by atoms with Crippen molar-refractivity contribution in [2.45, 2.75) is 45.1 Å². The third-order valence-corrected chi connectivity index (χ3v) is 5.08. The number of nitrogens with zero attached hydrogens (tertiary/aromatic N) is 3. The lowest BCUT2D eigenvalue weighted by molar-refractivity contribution is -0.131. The molecule has 1 amide bonds. The number of likely N-dealkylation sites (tertiary alicyclic amines) is 2. The van der Waals surface area contributed by atoms with Crippen molar-refractivity contribution < 1.29 is 4.79 Å². The fourth-order valence-electron chi connectivity index (χ4n) is 3.04. The summed E-state index contributed by atoms with van der Waals surface area (Å²) in [5.74, 6) is 0.253. The minimum Gasteiger partial charge on any atom is -0.342 e. The summed E-state index contributed by atoms with van der Waals surface area (Å²) < 4.78 is 0. The highest BCUT2D eigenvalue weighted by Crippen LogP contribution is 2.17. The summed E-state index contributed by atoms with van der Waals surface area (Å²) in [6, 6.07) is 0. The Morgan fingerprint density at radius 1 is 1.10 bits per heavy atom. The van der Waals surface area contributed by atoms with Gasteiger partial charge in [0.1, 0.15) is 5.01 Å². The van der Waals surface area contributed by atoms with Crippen LogP contribution < -0.4 is 0 Å². The van der Waals surface area contributed by atoms with E-state index in [1.807, 2.05) is 4.90 Å². The normalized spacial score (nSPS) is 20.5. The summed E-state index contributed by atoms with van der Waals surface area (Å²) in [6.45, 7) is 5.22. The van der Waals surface area contributed by atoms with Crippen LogP contribution in [0.1, 0.15) is 42.8 Å². The van der Waals surface area contributed by atoms with Crippen LogP contribution in [0.25, 0.3) is 0 Å². The third-order valence-electron chi connectivity index (χ3n) is 4.20. The van der Waals surface area contributed by atoms with Gasteiger partial charge in [-0.25, -0.2) is 4.98 Å². The molecule has 110 valence electrons. The summed E-state index contributed by atoms with van der Waals surface area (Å²) in [5, 5.41) is 3.22. The van der Waals surface area contributed by atoms with Crippen LogP contribution >= 0.6 is 11.3 Å².